The third-order valence-electron chi connectivity index (χ3n) is 3.50. The number of thiophene rings is 1. The van der Waals surface area contributed by atoms with E-state index in [2.05, 4.69) is 45.7 Å². The summed E-state index contributed by atoms with van der Waals surface area (Å²) in [7, 11) is 0. The monoisotopic (exact) mass is 289 g/mol. The summed E-state index contributed by atoms with van der Waals surface area (Å²) >= 11 is 1.79. The molecule has 5 heteroatoms. The summed E-state index contributed by atoms with van der Waals surface area (Å²) in [6.45, 7) is 6.44. The molecule has 1 saturated heterocycles. The van der Waals surface area contributed by atoms with Crippen molar-refractivity contribution in [3.8, 4) is 0 Å². The van der Waals surface area contributed by atoms with Crippen molar-refractivity contribution in [3.05, 3.63) is 40.2 Å². The Morgan fingerprint density at radius 1 is 1.30 bits per heavy atom. The zero-order chi connectivity index (χ0) is 13.8. The van der Waals surface area contributed by atoms with Crippen LogP contribution in [0, 0.1) is 6.92 Å². The molecule has 2 aromatic rings. The highest BCUT2D eigenvalue weighted by Crippen LogP contribution is 2.19. The fraction of sp³-hybridized carbons (Fsp3) is 0.400. The molecular weight excluding hydrogens is 270 g/mol. The molecule has 0 aliphatic carbocycles. The molecule has 0 saturated carbocycles. The lowest BCUT2D eigenvalue weighted by atomic mass is 10.3. The van der Waals surface area contributed by atoms with E-state index in [0.717, 1.165) is 44.4 Å². The van der Waals surface area contributed by atoms with E-state index in [4.69, 9.17) is 4.74 Å². The number of aryl methyl sites for hydroxylation is 1. The van der Waals surface area contributed by atoms with Crippen molar-refractivity contribution in [2.75, 3.05) is 36.5 Å². The number of anilines is 2. The summed E-state index contributed by atoms with van der Waals surface area (Å²) in [5.74, 6) is 1.03. The first kappa shape index (κ1) is 13.4. The van der Waals surface area contributed by atoms with Gasteiger partial charge < -0.3 is 15.0 Å². The first-order valence-corrected chi connectivity index (χ1v) is 7.76. The Morgan fingerprint density at radius 2 is 2.15 bits per heavy atom. The molecule has 0 radical (unpaired) electrons. The Kier molecular flexibility index (Phi) is 4.18. The lowest BCUT2D eigenvalue weighted by molar-refractivity contribution is 0.122. The zero-order valence-electron chi connectivity index (χ0n) is 11.6. The predicted molar refractivity (Wildman–Crippen MR) is 83.7 cm³/mol. The SMILES string of the molecule is Cc1ccsc1CNc1ccc(N2CCOCC2)nc1. The average Bonchev–Trinajstić information content (AvgIpc) is 2.92. The second kappa shape index (κ2) is 6.24. The van der Waals surface area contributed by atoms with Crippen LogP contribution in [0.1, 0.15) is 10.4 Å². The maximum atomic E-state index is 5.36. The Bertz CT molecular complexity index is 547. The molecule has 1 N–H and O–H groups in total. The largest absolute Gasteiger partial charge is 0.379 e. The van der Waals surface area contributed by atoms with Crippen LogP contribution in [-0.4, -0.2) is 31.3 Å². The molecular formula is C15H19N3OS. The van der Waals surface area contributed by atoms with E-state index in [1.165, 1.54) is 10.4 Å². The maximum Gasteiger partial charge on any atom is 0.128 e. The number of nitrogens with one attached hydrogen (secondary N) is 1. The summed E-state index contributed by atoms with van der Waals surface area (Å²) in [4.78, 5) is 8.17. The normalized spacial score (nSPS) is 15.3. The van der Waals surface area contributed by atoms with Crippen LogP contribution in [0.25, 0.3) is 0 Å². The van der Waals surface area contributed by atoms with Crippen molar-refractivity contribution in [2.45, 2.75) is 13.5 Å². The Hall–Kier alpha value is -1.59. The molecule has 1 fully saturated rings. The van der Waals surface area contributed by atoms with Crippen LogP contribution in [0.3, 0.4) is 0 Å². The lowest BCUT2D eigenvalue weighted by Gasteiger charge is -2.27. The smallest absolute Gasteiger partial charge is 0.128 e. The quantitative estimate of drug-likeness (QED) is 0.939. The molecule has 0 bridgehead atoms. The Balaban J connectivity index is 1.59. The zero-order valence-corrected chi connectivity index (χ0v) is 12.4. The lowest BCUT2D eigenvalue weighted by Crippen LogP contribution is -2.36. The van der Waals surface area contributed by atoms with E-state index in [-0.39, 0.29) is 0 Å². The van der Waals surface area contributed by atoms with E-state index in [1.54, 1.807) is 11.3 Å². The third-order valence-corrected chi connectivity index (χ3v) is 4.53. The van der Waals surface area contributed by atoms with Gasteiger partial charge in [-0.25, -0.2) is 4.98 Å². The van der Waals surface area contributed by atoms with Gasteiger partial charge in [0.15, 0.2) is 0 Å². The van der Waals surface area contributed by atoms with Crippen LogP contribution in [-0.2, 0) is 11.3 Å². The van der Waals surface area contributed by atoms with Gasteiger partial charge in [-0.15, -0.1) is 11.3 Å². The first-order chi connectivity index (χ1) is 9.83. The average molecular weight is 289 g/mol. The second-order valence-electron chi connectivity index (χ2n) is 4.88. The number of aromatic nitrogens is 1. The molecule has 0 spiro atoms. The highest BCUT2D eigenvalue weighted by molar-refractivity contribution is 7.10. The Labute approximate surface area is 123 Å². The van der Waals surface area contributed by atoms with E-state index in [1.807, 2.05) is 6.20 Å². The molecule has 1 aliphatic rings. The van der Waals surface area contributed by atoms with Crippen LogP contribution in [0.4, 0.5) is 11.5 Å². The minimum absolute atomic E-state index is 0.791. The number of ether oxygens (including phenoxy) is 1. The van der Waals surface area contributed by atoms with Gasteiger partial charge in [-0.3, -0.25) is 0 Å². The van der Waals surface area contributed by atoms with Gasteiger partial charge in [0.2, 0.25) is 0 Å². The molecule has 20 heavy (non-hydrogen) atoms. The van der Waals surface area contributed by atoms with Crippen molar-refractivity contribution < 1.29 is 4.74 Å². The van der Waals surface area contributed by atoms with Crippen LogP contribution in [0.5, 0.6) is 0 Å². The number of nitrogens with zero attached hydrogens (tertiary/aromatic N) is 2. The van der Waals surface area contributed by atoms with Gasteiger partial charge >= 0.3 is 0 Å². The van der Waals surface area contributed by atoms with E-state index in [9.17, 15) is 0 Å². The van der Waals surface area contributed by atoms with Crippen LogP contribution in [0.2, 0.25) is 0 Å². The Morgan fingerprint density at radius 3 is 2.80 bits per heavy atom. The minimum atomic E-state index is 0.791. The summed E-state index contributed by atoms with van der Waals surface area (Å²) in [5, 5.41) is 5.55. The van der Waals surface area contributed by atoms with Crippen LogP contribution in [0.15, 0.2) is 29.8 Å². The summed E-state index contributed by atoms with van der Waals surface area (Å²) in [6, 6.07) is 6.33. The van der Waals surface area contributed by atoms with E-state index < -0.39 is 0 Å². The van der Waals surface area contributed by atoms with E-state index in [0.29, 0.717) is 0 Å². The van der Waals surface area contributed by atoms with Gasteiger partial charge in [0.1, 0.15) is 5.82 Å². The maximum absolute atomic E-state index is 5.36. The van der Waals surface area contributed by atoms with Crippen LogP contribution >= 0.6 is 11.3 Å². The standard InChI is InChI=1S/C15H19N3OS/c1-12-4-9-20-14(12)11-16-13-2-3-15(17-10-13)18-5-7-19-8-6-18/h2-4,9-10,16H,5-8,11H2,1H3. The molecule has 3 rings (SSSR count). The van der Waals surface area contributed by atoms with Crippen LogP contribution < -0.4 is 10.2 Å². The number of pyridine rings is 1. The highest BCUT2D eigenvalue weighted by Gasteiger charge is 2.11. The molecule has 0 atom stereocenters. The molecule has 0 amide bonds. The van der Waals surface area contributed by atoms with E-state index >= 15 is 0 Å². The topological polar surface area (TPSA) is 37.4 Å². The number of morpholine rings is 1. The number of rotatable bonds is 4. The van der Waals surface area contributed by atoms with Gasteiger partial charge in [-0.1, -0.05) is 0 Å². The summed E-state index contributed by atoms with van der Waals surface area (Å²) in [5.41, 5.74) is 2.41. The summed E-state index contributed by atoms with van der Waals surface area (Å²) < 4.78 is 5.36. The van der Waals surface area contributed by atoms with Crippen molar-refractivity contribution in [1.29, 1.82) is 0 Å². The molecule has 106 valence electrons. The van der Waals surface area contributed by atoms with Gasteiger partial charge in [-0.05, 0) is 36.1 Å². The predicted octanol–water partition coefficient (Wildman–Crippen LogP) is 2.90. The van der Waals surface area contributed by atoms with Gasteiger partial charge in [0.25, 0.3) is 0 Å². The van der Waals surface area contributed by atoms with Crippen molar-refractivity contribution in [3.63, 3.8) is 0 Å². The van der Waals surface area contributed by atoms with Gasteiger partial charge in [-0.2, -0.15) is 0 Å². The molecule has 0 unspecified atom stereocenters. The fourth-order valence-corrected chi connectivity index (χ4v) is 3.08. The van der Waals surface area contributed by atoms with Gasteiger partial charge in [0.05, 0.1) is 25.1 Å². The number of hydrogen-bond acceptors (Lipinski definition) is 5. The highest BCUT2D eigenvalue weighted by atomic mass is 32.1. The van der Waals surface area contributed by atoms with Crippen molar-refractivity contribution in [2.24, 2.45) is 0 Å². The number of hydrogen-bond donors (Lipinski definition) is 1. The molecule has 1 aliphatic heterocycles. The molecule has 2 aromatic heterocycles. The first-order valence-electron chi connectivity index (χ1n) is 6.88. The van der Waals surface area contributed by atoms with Crippen molar-refractivity contribution >= 4 is 22.8 Å². The summed E-state index contributed by atoms with van der Waals surface area (Å²) in [6.07, 6.45) is 1.91. The second-order valence-corrected chi connectivity index (χ2v) is 5.89. The van der Waals surface area contributed by atoms with Gasteiger partial charge in [0, 0.05) is 24.5 Å². The molecule has 3 heterocycles. The molecule has 0 aromatic carbocycles. The minimum Gasteiger partial charge on any atom is -0.379 e. The molecule has 4 nitrogen and oxygen atoms in total. The van der Waals surface area contributed by atoms with Crippen molar-refractivity contribution in [1.82, 2.24) is 4.98 Å². The third kappa shape index (κ3) is 3.11. The fourth-order valence-electron chi connectivity index (χ4n) is 2.24.